The lowest BCUT2D eigenvalue weighted by atomic mass is 9.94. The fraction of sp³-hybridized carbons (Fsp3) is 0.302. The van der Waals surface area contributed by atoms with Crippen LogP contribution in [0.3, 0.4) is 0 Å². The Morgan fingerprint density at radius 3 is 0.604 bits per heavy atom. The number of ether oxygens (including phenoxy) is 8. The van der Waals surface area contributed by atoms with Gasteiger partial charge in [0.2, 0.25) is 0 Å². The van der Waals surface area contributed by atoms with Crippen LogP contribution in [0.5, 0.6) is 57.5 Å². The smallest absolute Gasteiger partial charge is 0.122 e. The van der Waals surface area contributed by atoms with E-state index in [-0.39, 0.29) is 11.5 Å². The molecule has 0 atom stereocenters. The molecule has 0 spiro atoms. The molecular weight excluding hydrogens is 676 g/mol. The lowest BCUT2D eigenvalue weighted by molar-refractivity contribution is 0.389. The maximum absolute atomic E-state index is 11.3. The summed E-state index contributed by atoms with van der Waals surface area (Å²) in [6, 6.07) is 18.8. The molecule has 15 rings (SSSR count). The molecule has 0 saturated heterocycles. The normalized spacial score (nSPS) is 12.3. The van der Waals surface area contributed by atoms with E-state index in [0.717, 1.165) is 44.5 Å². The minimum absolute atomic E-state index is 0.0950. The van der Waals surface area contributed by atoms with E-state index in [4.69, 9.17) is 37.9 Å². The molecule has 10 aliphatic carbocycles. The van der Waals surface area contributed by atoms with Crippen LogP contribution in [-0.2, 0) is 32.1 Å². The molecule has 2 N–H and O–H groups in total. The molecule has 278 valence electrons. The maximum Gasteiger partial charge on any atom is 0.122 e. The highest BCUT2D eigenvalue weighted by molar-refractivity contribution is 5.59. The molecule has 0 aromatic heterocycles. The predicted octanol–water partition coefficient (Wildman–Crippen LogP) is 7.43. The molecule has 5 aromatic carbocycles. The van der Waals surface area contributed by atoms with Gasteiger partial charge in [0.1, 0.15) is 57.5 Å². The number of rotatable bonds is 8. The Bertz CT molecular complexity index is 1990. The van der Waals surface area contributed by atoms with Crippen LogP contribution in [0.4, 0.5) is 0 Å². The standard InChI is InChI=1S/C43H46O10/c1-46-36-16-24-9-28-18-40(50-5)30(20-38(28)48-3)12-32-22-43(53-8)33(23-42(32)52-7)13-31-21-39(49-4)29(19-41(31)51-6)10-25-17-37(47-2)27(15-35(25)45)11-26(36)14-34(24)44/h14-23,44-45H,9-13H2,1-8H3. The van der Waals surface area contributed by atoms with Crippen LogP contribution in [0.25, 0.3) is 0 Å². The van der Waals surface area contributed by atoms with Crippen molar-refractivity contribution in [3.8, 4) is 57.5 Å². The summed E-state index contributed by atoms with van der Waals surface area (Å²) in [5, 5.41) is 22.7. The van der Waals surface area contributed by atoms with E-state index >= 15 is 0 Å². The van der Waals surface area contributed by atoms with Gasteiger partial charge in [-0.25, -0.2) is 0 Å². The van der Waals surface area contributed by atoms with Crippen LogP contribution in [0.1, 0.15) is 55.6 Å². The number of aromatic hydroxyl groups is 2. The molecule has 0 fully saturated rings. The lowest BCUT2D eigenvalue weighted by Gasteiger charge is -2.19. The summed E-state index contributed by atoms with van der Waals surface area (Å²) < 4.78 is 47.1. The summed E-state index contributed by atoms with van der Waals surface area (Å²) in [5.74, 6) is 5.32. The summed E-state index contributed by atoms with van der Waals surface area (Å²) in [7, 11) is 13.0. The first-order valence-corrected chi connectivity index (χ1v) is 17.2. The average Bonchev–Trinajstić information content (AvgIpc) is 3.17. The highest BCUT2D eigenvalue weighted by atomic mass is 16.5. The van der Waals surface area contributed by atoms with Gasteiger partial charge in [-0.2, -0.15) is 0 Å². The maximum atomic E-state index is 11.3. The van der Waals surface area contributed by atoms with E-state index in [1.165, 1.54) is 0 Å². The van der Waals surface area contributed by atoms with Crippen molar-refractivity contribution >= 4 is 0 Å². The highest BCUT2D eigenvalue weighted by Crippen LogP contribution is 2.42. The van der Waals surface area contributed by atoms with Gasteiger partial charge in [-0.3, -0.25) is 0 Å². The number of hydrogen-bond donors (Lipinski definition) is 2. The van der Waals surface area contributed by atoms with E-state index in [9.17, 15) is 10.2 Å². The summed E-state index contributed by atoms with van der Waals surface area (Å²) in [4.78, 5) is 0. The minimum atomic E-state index is 0.0950. The summed E-state index contributed by atoms with van der Waals surface area (Å²) in [5.41, 5.74) is 7.93. The van der Waals surface area contributed by atoms with E-state index in [2.05, 4.69) is 0 Å². The summed E-state index contributed by atoms with van der Waals surface area (Å²) in [6.45, 7) is 0. The molecule has 0 unspecified atom stereocenters. The van der Waals surface area contributed by atoms with Gasteiger partial charge in [0.25, 0.3) is 0 Å². The molecule has 0 heterocycles. The van der Waals surface area contributed by atoms with Crippen molar-refractivity contribution in [1.29, 1.82) is 0 Å². The third-order valence-electron chi connectivity index (χ3n) is 9.92. The SMILES string of the molecule is COc1cc2c(OC)cc1Cc1cc(OC)c(cc1O)Cc1cc(O)c(cc1OC)Cc1cc(OC)c(cc1OC)Cc1cc(OC)c(cc1OC)C2. The second-order valence-electron chi connectivity index (χ2n) is 12.9. The van der Waals surface area contributed by atoms with Gasteiger partial charge >= 0.3 is 0 Å². The Labute approximate surface area is 310 Å². The van der Waals surface area contributed by atoms with Gasteiger partial charge in [-0.15, -0.1) is 0 Å². The molecule has 0 aliphatic heterocycles. The van der Waals surface area contributed by atoms with Crippen LogP contribution < -0.4 is 37.9 Å². The van der Waals surface area contributed by atoms with Crippen molar-refractivity contribution in [3.05, 3.63) is 116 Å². The molecule has 0 saturated carbocycles. The van der Waals surface area contributed by atoms with Gasteiger partial charge in [-0.1, -0.05) is 0 Å². The first-order valence-electron chi connectivity index (χ1n) is 17.2. The van der Waals surface area contributed by atoms with Crippen molar-refractivity contribution in [1.82, 2.24) is 0 Å². The molecule has 10 bridgehead atoms. The number of phenols is 2. The van der Waals surface area contributed by atoms with E-state index in [0.29, 0.717) is 89.2 Å². The Morgan fingerprint density at radius 2 is 0.415 bits per heavy atom. The lowest BCUT2D eigenvalue weighted by Crippen LogP contribution is -2.04. The van der Waals surface area contributed by atoms with Gasteiger partial charge in [-0.05, 0) is 60.7 Å². The van der Waals surface area contributed by atoms with E-state index < -0.39 is 0 Å². The zero-order chi connectivity index (χ0) is 37.8. The highest BCUT2D eigenvalue weighted by Gasteiger charge is 2.22. The predicted molar refractivity (Wildman–Crippen MR) is 202 cm³/mol. The van der Waals surface area contributed by atoms with Crippen LogP contribution >= 0.6 is 0 Å². The van der Waals surface area contributed by atoms with E-state index in [1.54, 1.807) is 69.0 Å². The van der Waals surface area contributed by atoms with Crippen LogP contribution in [-0.4, -0.2) is 67.1 Å². The number of methoxy groups -OCH3 is 8. The van der Waals surface area contributed by atoms with Gasteiger partial charge < -0.3 is 48.1 Å². The summed E-state index contributed by atoms with van der Waals surface area (Å²) >= 11 is 0. The Kier molecular flexibility index (Phi) is 11.0. The molecule has 5 aromatic rings. The third-order valence-corrected chi connectivity index (χ3v) is 9.92. The van der Waals surface area contributed by atoms with Crippen molar-refractivity contribution < 1.29 is 48.1 Å². The van der Waals surface area contributed by atoms with Crippen molar-refractivity contribution in [2.24, 2.45) is 0 Å². The van der Waals surface area contributed by atoms with E-state index in [1.807, 2.05) is 48.5 Å². The zero-order valence-electron chi connectivity index (χ0n) is 31.5. The van der Waals surface area contributed by atoms with Gasteiger partial charge in [0.15, 0.2) is 0 Å². The number of hydrogen-bond acceptors (Lipinski definition) is 10. The molecule has 0 radical (unpaired) electrons. The van der Waals surface area contributed by atoms with Crippen LogP contribution in [0, 0.1) is 0 Å². The Morgan fingerprint density at radius 1 is 0.264 bits per heavy atom. The molecule has 53 heavy (non-hydrogen) atoms. The van der Waals surface area contributed by atoms with Crippen molar-refractivity contribution in [2.75, 3.05) is 56.9 Å². The Balaban J connectivity index is 1.58. The van der Waals surface area contributed by atoms with Gasteiger partial charge in [0.05, 0.1) is 56.9 Å². The third kappa shape index (κ3) is 7.40. The average molecular weight is 723 g/mol. The fourth-order valence-corrected chi connectivity index (χ4v) is 7.17. The topological polar surface area (TPSA) is 114 Å². The monoisotopic (exact) mass is 722 g/mol. The van der Waals surface area contributed by atoms with Crippen molar-refractivity contribution in [3.63, 3.8) is 0 Å². The first kappa shape index (κ1) is 36.9. The van der Waals surface area contributed by atoms with Crippen LogP contribution in [0.15, 0.2) is 60.7 Å². The molecule has 10 aliphatic rings. The molecule has 10 heteroatoms. The minimum Gasteiger partial charge on any atom is -0.508 e. The summed E-state index contributed by atoms with van der Waals surface area (Å²) in [6.07, 6.45) is 1.96. The zero-order valence-corrected chi connectivity index (χ0v) is 31.5. The van der Waals surface area contributed by atoms with Crippen LogP contribution in [0.2, 0.25) is 0 Å². The second-order valence-corrected chi connectivity index (χ2v) is 12.9. The quantitative estimate of drug-likeness (QED) is 0.164. The second kappa shape index (κ2) is 15.8. The Hall–Kier alpha value is -5.90. The number of phenolic OH excluding ortho intramolecular Hbond substituents is 2. The molecule has 0 amide bonds. The number of benzene rings is 5. The van der Waals surface area contributed by atoms with Gasteiger partial charge in [0, 0.05) is 87.7 Å². The molecule has 10 nitrogen and oxygen atoms in total. The fourth-order valence-electron chi connectivity index (χ4n) is 7.17. The van der Waals surface area contributed by atoms with Crippen molar-refractivity contribution in [2.45, 2.75) is 32.1 Å². The first-order chi connectivity index (χ1) is 25.7. The molecular formula is C43H46O10. The largest absolute Gasteiger partial charge is 0.508 e.